The van der Waals surface area contributed by atoms with Gasteiger partial charge in [0.1, 0.15) is 0 Å². The van der Waals surface area contributed by atoms with Crippen LogP contribution in [0.3, 0.4) is 0 Å². The summed E-state index contributed by atoms with van der Waals surface area (Å²) in [5, 5.41) is 22.1. The summed E-state index contributed by atoms with van der Waals surface area (Å²) in [6.45, 7) is 0.976. The van der Waals surface area contributed by atoms with Crippen LogP contribution >= 0.6 is 11.6 Å². The molecule has 0 radical (unpaired) electrons. The third-order valence-corrected chi connectivity index (χ3v) is 4.70. The first-order valence-electron chi connectivity index (χ1n) is 8.27. The van der Waals surface area contributed by atoms with Gasteiger partial charge in [-0.1, -0.05) is 48.0 Å². The van der Waals surface area contributed by atoms with Crippen LogP contribution in [0.4, 0.5) is 0 Å². The second-order valence-corrected chi connectivity index (χ2v) is 7.06. The summed E-state index contributed by atoms with van der Waals surface area (Å²) < 4.78 is 0. The van der Waals surface area contributed by atoms with Gasteiger partial charge in [-0.3, -0.25) is 9.59 Å². The SMILES string of the molecule is CC(CO)(C[C@@H](Cc1ccc(-c2cccc(Cl)c2)cc1)NC=O)C(=O)O. The van der Waals surface area contributed by atoms with Crippen molar-refractivity contribution in [1.82, 2.24) is 5.32 Å². The Morgan fingerprint density at radius 3 is 2.46 bits per heavy atom. The Hall–Kier alpha value is -2.37. The summed E-state index contributed by atoms with van der Waals surface area (Å²) >= 11 is 6.02. The van der Waals surface area contributed by atoms with E-state index in [1.54, 1.807) is 0 Å². The molecule has 1 amide bonds. The lowest BCUT2D eigenvalue weighted by molar-refractivity contribution is -0.151. The Bertz CT molecular complexity index is 763. The predicted octanol–water partition coefficient (Wildman–Crippen LogP) is 3.14. The number of carbonyl (C=O) groups excluding carboxylic acids is 1. The highest BCUT2D eigenvalue weighted by Crippen LogP contribution is 2.26. The van der Waals surface area contributed by atoms with Crippen molar-refractivity contribution in [3.05, 3.63) is 59.1 Å². The van der Waals surface area contributed by atoms with Crippen molar-refractivity contribution < 1.29 is 19.8 Å². The number of nitrogens with one attached hydrogen (secondary N) is 1. The minimum atomic E-state index is -1.30. The minimum Gasteiger partial charge on any atom is -0.481 e. The molecule has 2 atom stereocenters. The lowest BCUT2D eigenvalue weighted by Gasteiger charge is -2.27. The number of rotatable bonds is 9. The highest BCUT2D eigenvalue weighted by Gasteiger charge is 2.35. The van der Waals surface area contributed by atoms with Crippen LogP contribution in [-0.4, -0.2) is 35.2 Å². The molecule has 1 unspecified atom stereocenters. The largest absolute Gasteiger partial charge is 0.481 e. The van der Waals surface area contributed by atoms with Gasteiger partial charge in [0.2, 0.25) is 6.41 Å². The molecule has 2 aromatic carbocycles. The van der Waals surface area contributed by atoms with Crippen molar-refractivity contribution in [2.45, 2.75) is 25.8 Å². The molecule has 0 bridgehead atoms. The number of amides is 1. The maximum absolute atomic E-state index is 11.4. The van der Waals surface area contributed by atoms with Crippen LogP contribution in [0.1, 0.15) is 18.9 Å². The molecule has 0 fully saturated rings. The van der Waals surface area contributed by atoms with Crippen molar-refractivity contribution >= 4 is 24.0 Å². The zero-order valence-corrected chi connectivity index (χ0v) is 15.2. The van der Waals surface area contributed by atoms with Gasteiger partial charge in [0, 0.05) is 11.1 Å². The quantitative estimate of drug-likeness (QED) is 0.588. The van der Waals surface area contributed by atoms with Crippen molar-refractivity contribution in [2.75, 3.05) is 6.61 Å². The Labute approximate surface area is 157 Å². The summed E-state index contributed by atoms with van der Waals surface area (Å²) in [5.41, 5.74) is 1.68. The second-order valence-electron chi connectivity index (χ2n) is 6.62. The first kappa shape index (κ1) is 19.9. The number of aliphatic hydroxyl groups excluding tert-OH is 1. The topological polar surface area (TPSA) is 86.6 Å². The number of hydrogen-bond acceptors (Lipinski definition) is 3. The summed E-state index contributed by atoms with van der Waals surface area (Å²) in [6.07, 6.45) is 1.16. The number of carboxylic acid groups (broad SMARTS) is 1. The summed E-state index contributed by atoms with van der Waals surface area (Å²) in [5.74, 6) is -1.09. The van der Waals surface area contributed by atoms with Crippen LogP contribution in [0.25, 0.3) is 11.1 Å². The van der Waals surface area contributed by atoms with Gasteiger partial charge in [0.15, 0.2) is 0 Å². The molecule has 0 aliphatic carbocycles. The highest BCUT2D eigenvalue weighted by atomic mass is 35.5. The van der Waals surface area contributed by atoms with E-state index in [0.29, 0.717) is 17.9 Å². The van der Waals surface area contributed by atoms with Crippen LogP contribution < -0.4 is 5.32 Å². The van der Waals surface area contributed by atoms with E-state index in [-0.39, 0.29) is 6.42 Å². The van der Waals surface area contributed by atoms with E-state index >= 15 is 0 Å². The van der Waals surface area contributed by atoms with Crippen LogP contribution in [0.15, 0.2) is 48.5 Å². The molecular formula is C20H22ClNO4. The lowest BCUT2D eigenvalue weighted by atomic mass is 9.82. The van der Waals surface area contributed by atoms with Gasteiger partial charge in [-0.2, -0.15) is 0 Å². The van der Waals surface area contributed by atoms with Crippen LogP contribution in [0.5, 0.6) is 0 Å². The van der Waals surface area contributed by atoms with Crippen molar-refractivity contribution in [3.63, 3.8) is 0 Å². The minimum absolute atomic E-state index is 0.133. The Morgan fingerprint density at radius 1 is 1.23 bits per heavy atom. The van der Waals surface area contributed by atoms with E-state index in [4.69, 9.17) is 11.6 Å². The molecule has 0 aliphatic rings. The third kappa shape index (κ3) is 5.07. The van der Waals surface area contributed by atoms with E-state index in [0.717, 1.165) is 16.7 Å². The Balaban J connectivity index is 2.14. The lowest BCUT2D eigenvalue weighted by Crippen LogP contribution is -2.41. The van der Waals surface area contributed by atoms with Gasteiger partial charge in [0.05, 0.1) is 12.0 Å². The number of halogens is 1. The van der Waals surface area contributed by atoms with Gasteiger partial charge in [-0.15, -0.1) is 0 Å². The normalized spacial score (nSPS) is 14.3. The first-order valence-corrected chi connectivity index (χ1v) is 8.64. The maximum atomic E-state index is 11.4. The molecule has 0 saturated heterocycles. The number of carboxylic acids is 1. The fourth-order valence-corrected chi connectivity index (χ4v) is 3.03. The molecule has 2 rings (SSSR count). The van der Waals surface area contributed by atoms with E-state index in [2.05, 4.69) is 5.32 Å². The Kier molecular flexibility index (Phi) is 6.77. The molecule has 6 heteroatoms. The monoisotopic (exact) mass is 375 g/mol. The Morgan fingerprint density at radius 2 is 1.92 bits per heavy atom. The molecule has 0 saturated carbocycles. The third-order valence-electron chi connectivity index (χ3n) is 4.46. The molecule has 26 heavy (non-hydrogen) atoms. The zero-order valence-electron chi connectivity index (χ0n) is 14.5. The summed E-state index contributed by atoms with van der Waals surface area (Å²) in [7, 11) is 0. The zero-order chi connectivity index (χ0) is 19.2. The predicted molar refractivity (Wildman–Crippen MR) is 101 cm³/mol. The first-order chi connectivity index (χ1) is 12.4. The summed E-state index contributed by atoms with van der Waals surface area (Å²) in [4.78, 5) is 22.3. The average Bonchev–Trinajstić information content (AvgIpc) is 2.62. The van der Waals surface area contributed by atoms with Crippen LogP contribution in [0, 0.1) is 5.41 Å². The van der Waals surface area contributed by atoms with Crippen LogP contribution in [0.2, 0.25) is 5.02 Å². The molecular weight excluding hydrogens is 354 g/mol. The van der Waals surface area contributed by atoms with Crippen LogP contribution in [-0.2, 0) is 16.0 Å². The molecule has 0 aromatic heterocycles. The molecule has 0 heterocycles. The molecule has 2 aromatic rings. The van der Waals surface area contributed by atoms with Gasteiger partial charge in [-0.25, -0.2) is 0 Å². The molecule has 3 N–H and O–H groups in total. The number of carbonyl (C=O) groups is 2. The molecule has 0 aliphatic heterocycles. The van der Waals surface area contributed by atoms with Crippen molar-refractivity contribution in [3.8, 4) is 11.1 Å². The van der Waals surface area contributed by atoms with Gasteiger partial charge >= 0.3 is 5.97 Å². The maximum Gasteiger partial charge on any atom is 0.311 e. The van der Waals surface area contributed by atoms with Gasteiger partial charge in [0.25, 0.3) is 0 Å². The summed E-state index contributed by atoms with van der Waals surface area (Å²) in [6, 6.07) is 15.0. The number of aliphatic carboxylic acids is 1. The fourth-order valence-electron chi connectivity index (χ4n) is 2.84. The van der Waals surface area contributed by atoms with E-state index in [1.165, 1.54) is 6.92 Å². The van der Waals surface area contributed by atoms with E-state index < -0.39 is 24.0 Å². The molecule has 5 nitrogen and oxygen atoms in total. The average molecular weight is 376 g/mol. The standard InChI is InChI=1S/C20H22ClNO4/c1-20(12-23,19(25)26)11-18(22-13-24)9-14-5-7-15(8-6-14)16-3-2-4-17(21)10-16/h2-8,10,13,18,23H,9,11-12H2,1H3,(H,22,24)(H,25,26)/t18-,20?/m1/s1. The fraction of sp³-hybridized carbons (Fsp3) is 0.300. The van der Waals surface area contributed by atoms with Crippen molar-refractivity contribution in [1.29, 1.82) is 0 Å². The number of aliphatic hydroxyl groups is 1. The van der Waals surface area contributed by atoms with E-state index in [9.17, 15) is 19.8 Å². The van der Waals surface area contributed by atoms with Gasteiger partial charge in [-0.05, 0) is 48.6 Å². The number of hydrogen-bond donors (Lipinski definition) is 3. The van der Waals surface area contributed by atoms with Crippen molar-refractivity contribution in [2.24, 2.45) is 5.41 Å². The molecule has 0 spiro atoms. The number of benzene rings is 2. The molecule has 138 valence electrons. The van der Waals surface area contributed by atoms with Gasteiger partial charge < -0.3 is 15.5 Å². The highest BCUT2D eigenvalue weighted by molar-refractivity contribution is 6.30. The van der Waals surface area contributed by atoms with E-state index in [1.807, 2.05) is 48.5 Å². The smallest absolute Gasteiger partial charge is 0.311 e. The second kappa shape index (κ2) is 8.83.